The predicted molar refractivity (Wildman–Crippen MR) is 85.4 cm³/mol. The van der Waals surface area contributed by atoms with E-state index >= 15 is 0 Å². The Morgan fingerprint density at radius 2 is 1.95 bits per heavy atom. The third kappa shape index (κ3) is 2.65. The van der Waals surface area contributed by atoms with Gasteiger partial charge in [0.25, 0.3) is 0 Å². The zero-order chi connectivity index (χ0) is 13.9. The molecule has 6 heteroatoms. The Hall–Kier alpha value is -1.58. The van der Waals surface area contributed by atoms with Crippen molar-refractivity contribution in [1.82, 2.24) is 4.98 Å². The van der Waals surface area contributed by atoms with Gasteiger partial charge in [0.2, 0.25) is 0 Å². The number of hydrogen-bond donors (Lipinski definition) is 0. The highest BCUT2D eigenvalue weighted by molar-refractivity contribution is 9.10. The molecule has 0 spiro atoms. The topological polar surface area (TPSA) is 43.2 Å². The number of rotatable bonds is 2. The molecule has 1 aliphatic heterocycles. The van der Waals surface area contributed by atoms with Gasteiger partial charge in [-0.25, -0.2) is 4.98 Å². The first-order valence-corrected chi connectivity index (χ1v) is 8.04. The van der Waals surface area contributed by atoms with Crippen LogP contribution < -0.4 is 9.80 Å². The quantitative estimate of drug-likeness (QED) is 0.836. The lowest BCUT2D eigenvalue weighted by Gasteiger charge is -2.36. The summed E-state index contributed by atoms with van der Waals surface area (Å²) in [7, 11) is 0. The molecule has 1 aliphatic rings. The van der Waals surface area contributed by atoms with Crippen LogP contribution in [0.25, 0.3) is 0 Å². The molecule has 102 valence electrons. The van der Waals surface area contributed by atoms with Crippen LogP contribution in [0.15, 0.2) is 34.2 Å². The number of anilines is 2. The van der Waals surface area contributed by atoms with Gasteiger partial charge in [0, 0.05) is 42.2 Å². The summed E-state index contributed by atoms with van der Waals surface area (Å²) < 4.78 is 1.01. The lowest BCUT2D eigenvalue weighted by Crippen LogP contribution is -2.46. The number of hydrogen-bond acceptors (Lipinski definition) is 5. The van der Waals surface area contributed by atoms with Crippen molar-refractivity contribution in [2.45, 2.75) is 0 Å². The largest absolute Gasteiger partial charge is 0.367 e. The van der Waals surface area contributed by atoms with E-state index in [0.29, 0.717) is 0 Å². The minimum atomic E-state index is 0.732. The van der Waals surface area contributed by atoms with Gasteiger partial charge in [-0.05, 0) is 18.2 Å². The summed E-state index contributed by atoms with van der Waals surface area (Å²) in [5.41, 5.74) is 1.75. The predicted octanol–water partition coefficient (Wildman–Crippen LogP) is 3.10. The number of thiazole rings is 1. The van der Waals surface area contributed by atoms with Crippen LogP contribution in [0.4, 0.5) is 10.8 Å². The van der Waals surface area contributed by atoms with Crippen LogP contribution in [-0.2, 0) is 0 Å². The molecular formula is C14H13BrN4S. The van der Waals surface area contributed by atoms with Gasteiger partial charge in [-0.2, -0.15) is 5.26 Å². The molecule has 0 atom stereocenters. The van der Waals surface area contributed by atoms with Crippen LogP contribution in [0.5, 0.6) is 0 Å². The maximum atomic E-state index is 9.23. The van der Waals surface area contributed by atoms with Crippen molar-refractivity contribution in [3.63, 3.8) is 0 Å². The zero-order valence-corrected chi connectivity index (χ0v) is 13.2. The molecule has 2 aromatic rings. The first kappa shape index (κ1) is 13.4. The molecule has 0 N–H and O–H groups in total. The van der Waals surface area contributed by atoms with E-state index in [1.165, 1.54) is 0 Å². The Morgan fingerprint density at radius 3 is 2.60 bits per heavy atom. The monoisotopic (exact) mass is 348 g/mol. The van der Waals surface area contributed by atoms with Gasteiger partial charge in [0.15, 0.2) is 5.13 Å². The van der Waals surface area contributed by atoms with E-state index < -0.39 is 0 Å². The van der Waals surface area contributed by atoms with Gasteiger partial charge < -0.3 is 9.80 Å². The summed E-state index contributed by atoms with van der Waals surface area (Å²) >= 11 is 5.15. The van der Waals surface area contributed by atoms with Crippen LogP contribution in [0, 0.1) is 11.3 Å². The van der Waals surface area contributed by atoms with E-state index in [4.69, 9.17) is 0 Å². The van der Waals surface area contributed by atoms with Crippen molar-refractivity contribution in [3.05, 3.63) is 39.8 Å². The average Bonchev–Trinajstić information content (AvgIpc) is 3.02. The highest BCUT2D eigenvalue weighted by Crippen LogP contribution is 2.27. The van der Waals surface area contributed by atoms with Crippen molar-refractivity contribution in [1.29, 1.82) is 5.26 Å². The van der Waals surface area contributed by atoms with E-state index in [-0.39, 0.29) is 0 Å². The van der Waals surface area contributed by atoms with Crippen LogP contribution in [0.1, 0.15) is 5.56 Å². The summed E-state index contributed by atoms with van der Waals surface area (Å²) in [6.07, 6.45) is 1.84. The number of nitrogens with zero attached hydrogens (tertiary/aromatic N) is 4. The van der Waals surface area contributed by atoms with Crippen molar-refractivity contribution >= 4 is 38.1 Å². The normalized spacial score (nSPS) is 15.2. The number of benzene rings is 1. The molecule has 4 nitrogen and oxygen atoms in total. The van der Waals surface area contributed by atoms with Gasteiger partial charge in [0.1, 0.15) is 6.07 Å². The second kappa shape index (κ2) is 5.81. The van der Waals surface area contributed by atoms with E-state index in [0.717, 1.165) is 47.0 Å². The number of aromatic nitrogens is 1. The van der Waals surface area contributed by atoms with Crippen molar-refractivity contribution < 1.29 is 0 Å². The molecule has 3 rings (SSSR count). The molecular weight excluding hydrogens is 336 g/mol. The summed E-state index contributed by atoms with van der Waals surface area (Å²) in [5.74, 6) is 0. The Labute approximate surface area is 130 Å². The van der Waals surface area contributed by atoms with Crippen molar-refractivity contribution in [2.24, 2.45) is 0 Å². The average molecular weight is 349 g/mol. The fourth-order valence-corrected chi connectivity index (χ4v) is 3.42. The van der Waals surface area contributed by atoms with Gasteiger partial charge in [-0.15, -0.1) is 11.3 Å². The Bertz CT molecular complexity index is 627. The van der Waals surface area contributed by atoms with E-state index in [9.17, 15) is 5.26 Å². The Morgan fingerprint density at radius 1 is 1.20 bits per heavy atom. The molecule has 0 bridgehead atoms. The van der Waals surface area contributed by atoms with Gasteiger partial charge in [-0.1, -0.05) is 15.9 Å². The van der Waals surface area contributed by atoms with Crippen LogP contribution in [0.2, 0.25) is 0 Å². The fraction of sp³-hybridized carbons (Fsp3) is 0.286. The standard InChI is InChI=1S/C14H13BrN4S/c15-12-2-1-11(10-16)13(9-12)18-4-6-19(7-5-18)14-17-3-8-20-14/h1-3,8-9H,4-7H2. The van der Waals surface area contributed by atoms with Gasteiger partial charge >= 0.3 is 0 Å². The molecule has 0 saturated carbocycles. The molecule has 20 heavy (non-hydrogen) atoms. The molecule has 2 heterocycles. The van der Waals surface area contributed by atoms with E-state index in [1.807, 2.05) is 29.8 Å². The first-order valence-electron chi connectivity index (χ1n) is 6.37. The van der Waals surface area contributed by atoms with Gasteiger partial charge in [-0.3, -0.25) is 0 Å². The number of nitriles is 1. The van der Waals surface area contributed by atoms with Crippen molar-refractivity contribution in [3.8, 4) is 6.07 Å². The Balaban J connectivity index is 1.75. The fourth-order valence-electron chi connectivity index (χ4n) is 2.37. The smallest absolute Gasteiger partial charge is 0.185 e. The number of halogens is 1. The molecule has 0 amide bonds. The van der Waals surface area contributed by atoms with E-state index in [1.54, 1.807) is 11.3 Å². The first-order chi connectivity index (χ1) is 9.78. The zero-order valence-electron chi connectivity index (χ0n) is 10.8. The van der Waals surface area contributed by atoms with Crippen LogP contribution in [-0.4, -0.2) is 31.2 Å². The summed E-state index contributed by atoms with van der Waals surface area (Å²) in [6, 6.07) is 8.08. The highest BCUT2D eigenvalue weighted by Gasteiger charge is 2.20. The molecule has 0 radical (unpaired) electrons. The second-order valence-electron chi connectivity index (χ2n) is 4.56. The summed E-state index contributed by atoms with van der Waals surface area (Å²) in [5, 5.41) is 12.3. The van der Waals surface area contributed by atoms with E-state index in [2.05, 4.69) is 36.8 Å². The molecule has 1 fully saturated rings. The summed E-state index contributed by atoms with van der Waals surface area (Å²) in [6.45, 7) is 3.69. The molecule has 1 aromatic carbocycles. The lowest BCUT2D eigenvalue weighted by atomic mass is 10.1. The highest BCUT2D eigenvalue weighted by atomic mass is 79.9. The lowest BCUT2D eigenvalue weighted by molar-refractivity contribution is 0.651. The van der Waals surface area contributed by atoms with Crippen LogP contribution >= 0.6 is 27.3 Å². The Kier molecular flexibility index (Phi) is 3.90. The minimum Gasteiger partial charge on any atom is -0.367 e. The third-order valence-corrected chi connectivity index (χ3v) is 4.72. The summed E-state index contributed by atoms with van der Waals surface area (Å²) in [4.78, 5) is 8.92. The van der Waals surface area contributed by atoms with Gasteiger partial charge in [0.05, 0.1) is 11.3 Å². The number of piperazine rings is 1. The second-order valence-corrected chi connectivity index (χ2v) is 6.35. The molecule has 0 unspecified atom stereocenters. The third-order valence-electron chi connectivity index (χ3n) is 3.39. The van der Waals surface area contributed by atoms with Crippen LogP contribution in [0.3, 0.4) is 0 Å². The molecule has 0 aliphatic carbocycles. The maximum absolute atomic E-state index is 9.23. The maximum Gasteiger partial charge on any atom is 0.185 e. The van der Waals surface area contributed by atoms with Crippen molar-refractivity contribution in [2.75, 3.05) is 36.0 Å². The molecule has 1 aromatic heterocycles. The molecule has 1 saturated heterocycles. The minimum absolute atomic E-state index is 0.732. The SMILES string of the molecule is N#Cc1ccc(Br)cc1N1CCN(c2nccs2)CC1.